The van der Waals surface area contributed by atoms with Gasteiger partial charge in [-0.25, -0.2) is 0 Å². The molecule has 1 saturated carbocycles. The fourth-order valence-electron chi connectivity index (χ4n) is 4.79. The quantitative estimate of drug-likeness (QED) is 0.760. The van der Waals surface area contributed by atoms with Crippen LogP contribution in [0.4, 0.5) is 5.69 Å². The van der Waals surface area contributed by atoms with Crippen LogP contribution in [0.1, 0.15) is 29.4 Å². The first-order valence-corrected chi connectivity index (χ1v) is 8.23. The zero-order chi connectivity index (χ0) is 16.4. The smallest absolute Gasteiger partial charge is 0.238 e. The van der Waals surface area contributed by atoms with Crippen molar-refractivity contribution in [2.75, 3.05) is 4.90 Å². The van der Waals surface area contributed by atoms with Crippen LogP contribution < -0.4 is 4.90 Å². The van der Waals surface area contributed by atoms with Gasteiger partial charge in [0.15, 0.2) is 0 Å². The minimum Gasteiger partial charge on any atom is -0.299 e. The summed E-state index contributed by atoms with van der Waals surface area (Å²) in [4.78, 5) is 40.0. The van der Waals surface area contributed by atoms with Crippen LogP contribution in [-0.2, 0) is 14.4 Å². The number of fused-ring (bicyclic) bond motifs is 1. The molecule has 1 aliphatic heterocycles. The summed E-state index contributed by atoms with van der Waals surface area (Å²) in [6.07, 6.45) is 0.366. The molecule has 0 spiro atoms. The molecule has 0 unspecified atom stereocenters. The molecule has 2 amide bonds. The molecule has 4 atom stereocenters. The van der Waals surface area contributed by atoms with E-state index < -0.39 is 17.8 Å². The van der Waals surface area contributed by atoms with Crippen LogP contribution in [0.15, 0.2) is 54.6 Å². The lowest BCUT2D eigenvalue weighted by Crippen LogP contribution is -2.44. The molecular weight excluding hydrogens is 302 g/mol. The average Bonchev–Trinajstić information content (AvgIpc) is 2.88. The Bertz CT molecular complexity index is 889. The van der Waals surface area contributed by atoms with Gasteiger partial charge in [0.1, 0.15) is 5.78 Å². The molecular formula is C20H15NO3. The van der Waals surface area contributed by atoms with Crippen molar-refractivity contribution < 1.29 is 14.4 Å². The normalized spacial score (nSPS) is 30.5. The van der Waals surface area contributed by atoms with E-state index in [1.54, 1.807) is 12.1 Å². The summed E-state index contributed by atoms with van der Waals surface area (Å²) in [7, 11) is 0. The molecule has 118 valence electrons. The number of anilines is 1. The second kappa shape index (κ2) is 4.63. The van der Waals surface area contributed by atoms with Gasteiger partial charge in [0.05, 0.1) is 23.4 Å². The molecule has 4 heteroatoms. The number of imide groups is 1. The predicted molar refractivity (Wildman–Crippen MR) is 87.5 cm³/mol. The van der Waals surface area contributed by atoms with Crippen molar-refractivity contribution in [1.82, 2.24) is 0 Å². The molecule has 0 aromatic heterocycles. The van der Waals surface area contributed by atoms with Gasteiger partial charge in [-0.05, 0) is 23.3 Å². The van der Waals surface area contributed by atoms with E-state index >= 15 is 0 Å². The second-order valence-corrected chi connectivity index (χ2v) is 6.78. The van der Waals surface area contributed by atoms with Crippen LogP contribution in [0.25, 0.3) is 0 Å². The Balaban J connectivity index is 1.68. The number of ketones is 1. The molecule has 3 aliphatic carbocycles. The summed E-state index contributed by atoms with van der Waals surface area (Å²) in [6.45, 7) is 0. The number of amides is 2. The molecule has 4 nitrogen and oxygen atoms in total. The highest BCUT2D eigenvalue weighted by atomic mass is 16.2. The third kappa shape index (κ3) is 1.55. The van der Waals surface area contributed by atoms with Gasteiger partial charge in [-0.1, -0.05) is 42.5 Å². The van der Waals surface area contributed by atoms with Crippen LogP contribution in [-0.4, -0.2) is 17.6 Å². The highest BCUT2D eigenvalue weighted by Gasteiger charge is 2.62. The van der Waals surface area contributed by atoms with E-state index in [2.05, 4.69) is 0 Å². The SMILES string of the molecule is O=C1C[C@H]2c3ccccc3[C@@H]1[C@H]1C(=O)N(c3ccccc3)C(=O)[C@H]12. The number of hydrogen-bond acceptors (Lipinski definition) is 3. The highest BCUT2D eigenvalue weighted by Crippen LogP contribution is 2.57. The van der Waals surface area contributed by atoms with E-state index in [4.69, 9.17) is 0 Å². The number of benzene rings is 2. The van der Waals surface area contributed by atoms with Crippen LogP contribution in [0.5, 0.6) is 0 Å². The predicted octanol–water partition coefficient (Wildman–Crippen LogP) is 2.65. The molecule has 6 rings (SSSR count). The summed E-state index contributed by atoms with van der Waals surface area (Å²) in [5.41, 5.74) is 2.60. The Hall–Kier alpha value is -2.75. The zero-order valence-corrected chi connectivity index (χ0v) is 12.9. The first-order valence-electron chi connectivity index (χ1n) is 8.23. The summed E-state index contributed by atoms with van der Waals surface area (Å²) < 4.78 is 0. The minimum atomic E-state index is -0.543. The van der Waals surface area contributed by atoms with Crippen molar-refractivity contribution in [2.24, 2.45) is 11.8 Å². The van der Waals surface area contributed by atoms with Crippen molar-refractivity contribution in [3.8, 4) is 0 Å². The monoisotopic (exact) mass is 317 g/mol. The second-order valence-electron chi connectivity index (χ2n) is 6.78. The first-order chi connectivity index (χ1) is 11.7. The molecule has 1 heterocycles. The molecule has 2 aromatic carbocycles. The van der Waals surface area contributed by atoms with Crippen LogP contribution in [0.2, 0.25) is 0 Å². The lowest BCUT2D eigenvalue weighted by molar-refractivity contribution is -0.134. The molecule has 0 radical (unpaired) electrons. The van der Waals surface area contributed by atoms with E-state index in [9.17, 15) is 14.4 Å². The fraction of sp³-hybridized carbons (Fsp3) is 0.250. The molecule has 2 fully saturated rings. The topological polar surface area (TPSA) is 54.5 Å². The zero-order valence-electron chi connectivity index (χ0n) is 12.9. The van der Waals surface area contributed by atoms with Crippen LogP contribution in [0, 0.1) is 11.8 Å². The molecule has 2 bridgehead atoms. The summed E-state index contributed by atoms with van der Waals surface area (Å²) in [5, 5.41) is 0. The van der Waals surface area contributed by atoms with Crippen molar-refractivity contribution >= 4 is 23.3 Å². The summed E-state index contributed by atoms with van der Waals surface area (Å²) in [6, 6.07) is 16.8. The number of carbonyl (C=O) groups excluding carboxylic acids is 3. The Morgan fingerprint density at radius 3 is 2.12 bits per heavy atom. The van der Waals surface area contributed by atoms with E-state index in [1.165, 1.54) is 4.90 Å². The summed E-state index contributed by atoms with van der Waals surface area (Å²) in [5.74, 6) is -1.89. The van der Waals surface area contributed by atoms with Gasteiger partial charge < -0.3 is 0 Å². The molecule has 0 N–H and O–H groups in total. The fourth-order valence-corrected chi connectivity index (χ4v) is 4.79. The van der Waals surface area contributed by atoms with E-state index in [-0.39, 0.29) is 23.5 Å². The van der Waals surface area contributed by atoms with Crippen molar-refractivity contribution in [2.45, 2.75) is 18.3 Å². The number of Topliss-reactive ketones (excluding diaryl/α,β-unsaturated/α-hetero) is 1. The van der Waals surface area contributed by atoms with Gasteiger partial charge in [-0.3, -0.25) is 19.3 Å². The van der Waals surface area contributed by atoms with E-state index in [0.29, 0.717) is 12.1 Å². The van der Waals surface area contributed by atoms with Gasteiger partial charge in [0.2, 0.25) is 11.8 Å². The Kier molecular flexibility index (Phi) is 2.64. The first kappa shape index (κ1) is 13.7. The standard InChI is InChI=1S/C20H15NO3/c22-15-10-14-12-8-4-5-9-13(12)16(15)18-17(14)19(23)21(20(18)24)11-6-2-1-3-7-11/h1-9,14,16-18H,10H2/t14-,16-,17-,18+/m0/s1. The number of hydrogen-bond donors (Lipinski definition) is 0. The maximum Gasteiger partial charge on any atom is 0.238 e. The Labute approximate surface area is 139 Å². The maximum absolute atomic E-state index is 13.1. The van der Waals surface area contributed by atoms with Crippen molar-refractivity contribution in [1.29, 1.82) is 0 Å². The van der Waals surface area contributed by atoms with Crippen LogP contribution >= 0.6 is 0 Å². The van der Waals surface area contributed by atoms with Crippen molar-refractivity contribution in [3.05, 3.63) is 65.7 Å². The summed E-state index contributed by atoms with van der Waals surface area (Å²) >= 11 is 0. The van der Waals surface area contributed by atoms with E-state index in [0.717, 1.165) is 11.1 Å². The van der Waals surface area contributed by atoms with Gasteiger partial charge in [0, 0.05) is 12.3 Å². The molecule has 24 heavy (non-hydrogen) atoms. The molecule has 2 aromatic rings. The van der Waals surface area contributed by atoms with Gasteiger partial charge in [0.25, 0.3) is 0 Å². The van der Waals surface area contributed by atoms with Crippen molar-refractivity contribution in [3.63, 3.8) is 0 Å². The highest BCUT2D eigenvalue weighted by molar-refractivity contribution is 6.24. The Morgan fingerprint density at radius 2 is 1.38 bits per heavy atom. The van der Waals surface area contributed by atoms with Gasteiger partial charge in [-0.15, -0.1) is 0 Å². The minimum absolute atomic E-state index is 0.0935. The maximum atomic E-state index is 13.1. The number of rotatable bonds is 1. The number of para-hydroxylation sites is 1. The number of carbonyl (C=O) groups is 3. The van der Waals surface area contributed by atoms with Gasteiger partial charge >= 0.3 is 0 Å². The largest absolute Gasteiger partial charge is 0.299 e. The lowest BCUT2D eigenvalue weighted by Gasteiger charge is -2.43. The van der Waals surface area contributed by atoms with Gasteiger partial charge in [-0.2, -0.15) is 0 Å². The third-order valence-corrected chi connectivity index (χ3v) is 5.70. The molecule has 4 aliphatic rings. The average molecular weight is 317 g/mol. The molecule has 1 saturated heterocycles. The van der Waals surface area contributed by atoms with E-state index in [1.807, 2.05) is 42.5 Å². The lowest BCUT2D eigenvalue weighted by atomic mass is 9.56. The third-order valence-electron chi connectivity index (χ3n) is 5.70. The number of nitrogens with zero attached hydrogens (tertiary/aromatic N) is 1. The Morgan fingerprint density at radius 1 is 0.750 bits per heavy atom. The van der Waals surface area contributed by atoms with Crippen LogP contribution in [0.3, 0.4) is 0 Å².